The molecule has 3 heterocycles. The first-order chi connectivity index (χ1) is 15.1. The average Bonchev–Trinajstić information content (AvgIpc) is 3.27. The van der Waals surface area contributed by atoms with E-state index in [1.807, 2.05) is 41.4 Å². The molecule has 5 rings (SSSR count). The molecule has 0 bridgehead atoms. The van der Waals surface area contributed by atoms with Crippen LogP contribution in [-0.2, 0) is 14.3 Å². The van der Waals surface area contributed by atoms with Crippen LogP contribution in [0.2, 0.25) is 0 Å². The molecule has 0 radical (unpaired) electrons. The highest BCUT2D eigenvalue weighted by molar-refractivity contribution is 5.85. The average molecular weight is 455 g/mol. The Morgan fingerprint density at radius 3 is 2.44 bits per heavy atom. The number of rotatable bonds is 4. The number of carbonyl (C=O) groups is 1. The summed E-state index contributed by atoms with van der Waals surface area (Å²) < 4.78 is 17.2. The third kappa shape index (κ3) is 4.58. The summed E-state index contributed by atoms with van der Waals surface area (Å²) in [6, 6.07) is 18.4. The Kier molecular flexibility index (Phi) is 6.65. The highest BCUT2D eigenvalue weighted by Gasteiger charge is 2.43. The van der Waals surface area contributed by atoms with E-state index >= 15 is 0 Å². The molecule has 6 nitrogen and oxygen atoms in total. The van der Waals surface area contributed by atoms with Gasteiger partial charge in [0.1, 0.15) is 11.9 Å². The number of hydrogen-bond acceptors (Lipinski definition) is 5. The van der Waals surface area contributed by atoms with Gasteiger partial charge in [0, 0.05) is 43.1 Å². The molecule has 2 aromatic carbocycles. The quantitative estimate of drug-likeness (QED) is 0.582. The van der Waals surface area contributed by atoms with Crippen molar-refractivity contribution in [1.82, 2.24) is 9.88 Å². The lowest BCUT2D eigenvalue weighted by molar-refractivity contribution is -0.189. The van der Waals surface area contributed by atoms with Crippen molar-refractivity contribution in [3.05, 3.63) is 60.8 Å². The normalized spacial score (nSPS) is 18.3. The van der Waals surface area contributed by atoms with Crippen LogP contribution in [0.15, 0.2) is 60.8 Å². The molecule has 3 aromatic rings. The largest absolute Gasteiger partial charge is 0.490 e. The molecule has 2 fully saturated rings. The molecule has 2 aliphatic rings. The number of piperidine rings is 1. The number of likely N-dealkylation sites (tertiary alicyclic amines) is 1. The second kappa shape index (κ2) is 9.45. The van der Waals surface area contributed by atoms with E-state index in [0.29, 0.717) is 26.3 Å². The SMILES string of the molecule is CC1(C(=O)N2CCC(Oc3ccc(-c4cnc5ccccc5c4)cc3)CC2)OCCO1.Cl. The van der Waals surface area contributed by atoms with Gasteiger partial charge in [0.05, 0.1) is 18.7 Å². The van der Waals surface area contributed by atoms with Crippen LogP contribution >= 0.6 is 12.4 Å². The first kappa shape index (κ1) is 22.5. The van der Waals surface area contributed by atoms with Crippen molar-refractivity contribution in [2.45, 2.75) is 31.7 Å². The maximum absolute atomic E-state index is 12.7. The number of fused-ring (bicyclic) bond motifs is 1. The van der Waals surface area contributed by atoms with Crippen LogP contribution in [0.25, 0.3) is 22.0 Å². The fraction of sp³-hybridized carbons (Fsp3) is 0.360. The molecule has 0 spiro atoms. The van der Waals surface area contributed by atoms with Gasteiger partial charge in [-0.15, -0.1) is 12.4 Å². The number of para-hydroxylation sites is 1. The van der Waals surface area contributed by atoms with Crippen molar-refractivity contribution in [3.8, 4) is 16.9 Å². The second-order valence-electron chi connectivity index (χ2n) is 8.19. The van der Waals surface area contributed by atoms with E-state index in [1.165, 1.54) is 0 Å². The predicted octanol–water partition coefficient (Wildman–Crippen LogP) is 4.46. The fourth-order valence-corrected chi connectivity index (χ4v) is 4.25. The molecule has 1 aromatic heterocycles. The van der Waals surface area contributed by atoms with Gasteiger partial charge in [-0.05, 0) is 36.8 Å². The summed E-state index contributed by atoms with van der Waals surface area (Å²) in [6.45, 7) is 3.93. The van der Waals surface area contributed by atoms with Crippen LogP contribution in [0.1, 0.15) is 19.8 Å². The van der Waals surface area contributed by atoms with E-state index in [2.05, 4.69) is 29.2 Å². The molecule has 1 amide bonds. The zero-order chi connectivity index (χ0) is 21.3. The van der Waals surface area contributed by atoms with E-state index in [1.54, 1.807) is 6.92 Å². The Morgan fingerprint density at radius 1 is 1.03 bits per heavy atom. The molecule has 0 unspecified atom stereocenters. The molecule has 0 atom stereocenters. The van der Waals surface area contributed by atoms with Gasteiger partial charge in [-0.25, -0.2) is 0 Å². The summed E-state index contributed by atoms with van der Waals surface area (Å²) in [4.78, 5) is 19.0. The fourth-order valence-electron chi connectivity index (χ4n) is 4.25. The van der Waals surface area contributed by atoms with Crippen LogP contribution in [0.4, 0.5) is 0 Å². The van der Waals surface area contributed by atoms with E-state index in [9.17, 15) is 4.79 Å². The molecule has 7 heteroatoms. The lowest BCUT2D eigenvalue weighted by Crippen LogP contribution is -2.51. The number of hydrogen-bond donors (Lipinski definition) is 0. The third-order valence-electron chi connectivity index (χ3n) is 6.04. The Bertz CT molecular complexity index is 1070. The Hall–Kier alpha value is -2.67. The van der Waals surface area contributed by atoms with Crippen LogP contribution in [0.5, 0.6) is 5.75 Å². The van der Waals surface area contributed by atoms with Crippen molar-refractivity contribution in [1.29, 1.82) is 0 Å². The van der Waals surface area contributed by atoms with E-state index in [0.717, 1.165) is 40.6 Å². The Balaban J connectivity index is 0.00000245. The van der Waals surface area contributed by atoms with E-state index < -0.39 is 5.79 Å². The first-order valence-electron chi connectivity index (χ1n) is 10.8. The molecule has 2 aliphatic heterocycles. The minimum atomic E-state index is -1.12. The number of amides is 1. The molecule has 0 N–H and O–H groups in total. The monoisotopic (exact) mass is 454 g/mol. The van der Waals surface area contributed by atoms with E-state index in [-0.39, 0.29) is 24.4 Å². The summed E-state index contributed by atoms with van der Waals surface area (Å²) in [7, 11) is 0. The van der Waals surface area contributed by atoms with Gasteiger partial charge in [0.15, 0.2) is 0 Å². The van der Waals surface area contributed by atoms with Crippen molar-refractivity contribution in [3.63, 3.8) is 0 Å². The van der Waals surface area contributed by atoms with Gasteiger partial charge in [0.25, 0.3) is 5.91 Å². The number of aromatic nitrogens is 1. The lowest BCUT2D eigenvalue weighted by Gasteiger charge is -2.35. The van der Waals surface area contributed by atoms with Gasteiger partial charge < -0.3 is 19.1 Å². The van der Waals surface area contributed by atoms with Crippen LogP contribution in [-0.4, -0.2) is 54.0 Å². The Morgan fingerprint density at radius 2 is 1.72 bits per heavy atom. The van der Waals surface area contributed by atoms with Crippen molar-refractivity contribution in [2.24, 2.45) is 0 Å². The highest BCUT2D eigenvalue weighted by atomic mass is 35.5. The standard InChI is InChI=1S/C25H26N2O4.ClH/c1-25(29-14-15-30-25)24(28)27-12-10-22(11-13-27)31-21-8-6-18(7-9-21)20-16-19-4-2-3-5-23(19)26-17-20;/h2-9,16-17,22H,10-15H2,1H3;1H. The number of carbonyl (C=O) groups excluding carboxylic acids is 1. The number of ether oxygens (including phenoxy) is 3. The zero-order valence-corrected chi connectivity index (χ0v) is 18.8. The minimum Gasteiger partial charge on any atom is -0.490 e. The van der Waals surface area contributed by atoms with Gasteiger partial charge in [-0.1, -0.05) is 30.3 Å². The van der Waals surface area contributed by atoms with Gasteiger partial charge in [0.2, 0.25) is 5.79 Å². The summed E-state index contributed by atoms with van der Waals surface area (Å²) >= 11 is 0. The van der Waals surface area contributed by atoms with Gasteiger partial charge >= 0.3 is 0 Å². The van der Waals surface area contributed by atoms with Crippen LogP contribution in [0, 0.1) is 0 Å². The molecular weight excluding hydrogens is 428 g/mol. The highest BCUT2D eigenvalue weighted by Crippen LogP contribution is 2.28. The predicted molar refractivity (Wildman–Crippen MR) is 125 cm³/mol. The topological polar surface area (TPSA) is 60.9 Å². The van der Waals surface area contributed by atoms with Crippen LogP contribution < -0.4 is 4.74 Å². The lowest BCUT2D eigenvalue weighted by atomic mass is 10.0. The molecule has 32 heavy (non-hydrogen) atoms. The smallest absolute Gasteiger partial charge is 0.282 e. The third-order valence-corrected chi connectivity index (χ3v) is 6.04. The molecule has 168 valence electrons. The maximum Gasteiger partial charge on any atom is 0.282 e. The number of pyridine rings is 1. The number of nitrogens with zero attached hydrogens (tertiary/aromatic N) is 2. The summed E-state index contributed by atoms with van der Waals surface area (Å²) in [5, 5.41) is 1.13. The first-order valence-corrected chi connectivity index (χ1v) is 10.8. The van der Waals surface area contributed by atoms with Gasteiger partial charge in [-0.3, -0.25) is 9.78 Å². The zero-order valence-electron chi connectivity index (χ0n) is 18.0. The van der Waals surface area contributed by atoms with Crippen molar-refractivity contribution >= 4 is 29.2 Å². The number of halogens is 1. The molecular formula is C25H27ClN2O4. The summed E-state index contributed by atoms with van der Waals surface area (Å²) in [6.07, 6.45) is 3.58. The van der Waals surface area contributed by atoms with Crippen LogP contribution in [0.3, 0.4) is 0 Å². The van der Waals surface area contributed by atoms with Crippen molar-refractivity contribution in [2.75, 3.05) is 26.3 Å². The number of benzene rings is 2. The molecule has 2 saturated heterocycles. The molecule has 0 saturated carbocycles. The van der Waals surface area contributed by atoms with Crippen molar-refractivity contribution < 1.29 is 19.0 Å². The maximum atomic E-state index is 12.7. The Labute approximate surface area is 193 Å². The van der Waals surface area contributed by atoms with Gasteiger partial charge in [-0.2, -0.15) is 0 Å². The second-order valence-corrected chi connectivity index (χ2v) is 8.19. The summed E-state index contributed by atoms with van der Waals surface area (Å²) in [5.74, 6) is -0.366. The van der Waals surface area contributed by atoms with E-state index in [4.69, 9.17) is 14.2 Å². The minimum absolute atomic E-state index is 0. The summed E-state index contributed by atoms with van der Waals surface area (Å²) in [5.41, 5.74) is 3.19. The molecule has 0 aliphatic carbocycles.